The molecule has 0 amide bonds. The fraction of sp³-hybridized carbons (Fsp3) is 0.538. The van der Waals surface area contributed by atoms with Crippen molar-refractivity contribution in [2.75, 3.05) is 26.9 Å². The van der Waals surface area contributed by atoms with Gasteiger partial charge in [0.05, 0.1) is 6.61 Å². The van der Waals surface area contributed by atoms with Crippen LogP contribution in [-0.2, 0) is 11.3 Å². The predicted molar refractivity (Wildman–Crippen MR) is 65.8 cm³/mol. The van der Waals surface area contributed by atoms with Crippen molar-refractivity contribution in [2.45, 2.75) is 19.9 Å². The van der Waals surface area contributed by atoms with E-state index >= 15 is 0 Å². The molecule has 0 fully saturated rings. The Morgan fingerprint density at radius 3 is 2.82 bits per heavy atom. The molecule has 0 atom stereocenters. The molecule has 17 heavy (non-hydrogen) atoms. The van der Waals surface area contributed by atoms with Crippen LogP contribution in [0.2, 0.25) is 0 Å². The van der Waals surface area contributed by atoms with Gasteiger partial charge in [0.25, 0.3) is 0 Å². The minimum absolute atomic E-state index is 0.308. The van der Waals surface area contributed by atoms with Gasteiger partial charge < -0.3 is 14.8 Å². The molecule has 0 aromatic heterocycles. The largest absolute Gasteiger partial charge is 0.490 e. The summed E-state index contributed by atoms with van der Waals surface area (Å²) in [6.07, 6.45) is 0.755. The Bertz CT molecular complexity index is 331. The van der Waals surface area contributed by atoms with Crippen molar-refractivity contribution < 1.29 is 13.9 Å². The first kappa shape index (κ1) is 13.9. The Balaban J connectivity index is 2.60. The van der Waals surface area contributed by atoms with Crippen LogP contribution in [0.1, 0.15) is 18.9 Å². The van der Waals surface area contributed by atoms with Crippen molar-refractivity contribution in [3.63, 3.8) is 0 Å². The van der Waals surface area contributed by atoms with E-state index in [1.54, 1.807) is 13.2 Å². The van der Waals surface area contributed by atoms with E-state index in [0.29, 0.717) is 25.5 Å². The number of benzene rings is 1. The molecule has 0 radical (unpaired) electrons. The zero-order valence-electron chi connectivity index (χ0n) is 10.5. The summed E-state index contributed by atoms with van der Waals surface area (Å²) >= 11 is 0. The maximum Gasteiger partial charge on any atom is 0.165 e. The number of ether oxygens (including phenoxy) is 2. The van der Waals surface area contributed by atoms with Gasteiger partial charge in [-0.25, -0.2) is 4.39 Å². The van der Waals surface area contributed by atoms with Crippen molar-refractivity contribution >= 4 is 0 Å². The van der Waals surface area contributed by atoms with Crippen molar-refractivity contribution in [1.29, 1.82) is 0 Å². The molecule has 0 bridgehead atoms. The topological polar surface area (TPSA) is 30.5 Å². The molecule has 0 saturated heterocycles. The molecule has 3 nitrogen and oxygen atoms in total. The minimum atomic E-state index is -0.308. The summed E-state index contributed by atoms with van der Waals surface area (Å²) in [4.78, 5) is 0. The van der Waals surface area contributed by atoms with Crippen LogP contribution in [0.5, 0.6) is 5.75 Å². The highest BCUT2D eigenvalue weighted by Gasteiger charge is 2.08. The van der Waals surface area contributed by atoms with Gasteiger partial charge in [-0.3, -0.25) is 0 Å². The van der Waals surface area contributed by atoms with Gasteiger partial charge >= 0.3 is 0 Å². The fourth-order valence-electron chi connectivity index (χ4n) is 1.49. The first-order valence-electron chi connectivity index (χ1n) is 5.89. The maximum absolute atomic E-state index is 13.6. The number of nitrogens with one attached hydrogen (secondary N) is 1. The van der Waals surface area contributed by atoms with E-state index in [1.807, 2.05) is 13.0 Å². The number of hydrogen-bond acceptors (Lipinski definition) is 3. The normalized spacial score (nSPS) is 10.5. The van der Waals surface area contributed by atoms with Gasteiger partial charge in [-0.1, -0.05) is 19.1 Å². The van der Waals surface area contributed by atoms with E-state index in [2.05, 4.69) is 5.32 Å². The molecule has 0 aliphatic rings. The molecule has 4 heteroatoms. The fourth-order valence-corrected chi connectivity index (χ4v) is 1.49. The van der Waals surface area contributed by atoms with Gasteiger partial charge in [0.1, 0.15) is 0 Å². The Morgan fingerprint density at radius 2 is 2.12 bits per heavy atom. The molecule has 0 spiro atoms. The number of para-hydroxylation sites is 1. The lowest BCUT2D eigenvalue weighted by Crippen LogP contribution is -2.14. The molecule has 0 unspecified atom stereocenters. The molecular weight excluding hydrogens is 221 g/mol. The molecule has 1 N–H and O–H groups in total. The second-order valence-electron chi connectivity index (χ2n) is 3.70. The van der Waals surface area contributed by atoms with Gasteiger partial charge in [-0.05, 0) is 12.6 Å². The number of halogens is 1. The van der Waals surface area contributed by atoms with E-state index in [4.69, 9.17) is 9.47 Å². The van der Waals surface area contributed by atoms with Gasteiger partial charge in [0.15, 0.2) is 11.6 Å². The Morgan fingerprint density at radius 1 is 1.29 bits per heavy atom. The molecule has 0 aliphatic carbocycles. The van der Waals surface area contributed by atoms with Crippen LogP contribution >= 0.6 is 0 Å². The molecular formula is C13H20FNO2. The van der Waals surface area contributed by atoms with Gasteiger partial charge in [0, 0.05) is 32.2 Å². The van der Waals surface area contributed by atoms with E-state index in [-0.39, 0.29) is 5.82 Å². The minimum Gasteiger partial charge on any atom is -0.490 e. The van der Waals surface area contributed by atoms with Gasteiger partial charge in [0.2, 0.25) is 0 Å². The summed E-state index contributed by atoms with van der Waals surface area (Å²) in [7, 11) is 1.64. The van der Waals surface area contributed by atoms with E-state index < -0.39 is 0 Å². The third kappa shape index (κ3) is 4.71. The lowest BCUT2D eigenvalue weighted by atomic mass is 10.2. The summed E-state index contributed by atoms with van der Waals surface area (Å²) in [5.74, 6) is 0.0439. The monoisotopic (exact) mass is 241 g/mol. The van der Waals surface area contributed by atoms with Gasteiger partial charge in [-0.2, -0.15) is 0 Å². The van der Waals surface area contributed by atoms with E-state index in [1.165, 1.54) is 6.07 Å². The second kappa shape index (κ2) is 8.03. The Kier molecular flexibility index (Phi) is 6.58. The third-order valence-electron chi connectivity index (χ3n) is 2.35. The SMILES string of the molecule is CCNCc1cccc(F)c1OCCCOC. The summed E-state index contributed by atoms with van der Waals surface area (Å²) < 4.78 is 24.0. The molecule has 96 valence electrons. The molecule has 1 rings (SSSR count). The van der Waals surface area contributed by atoms with Crippen LogP contribution in [0.3, 0.4) is 0 Å². The van der Waals surface area contributed by atoms with Crippen molar-refractivity contribution in [1.82, 2.24) is 5.32 Å². The van der Waals surface area contributed by atoms with Crippen LogP contribution in [-0.4, -0.2) is 26.9 Å². The molecule has 0 heterocycles. The number of hydrogen-bond donors (Lipinski definition) is 1. The Labute approximate surface area is 102 Å². The van der Waals surface area contributed by atoms with Crippen molar-refractivity contribution in [3.05, 3.63) is 29.6 Å². The van der Waals surface area contributed by atoms with E-state index in [9.17, 15) is 4.39 Å². The summed E-state index contributed by atoms with van der Waals surface area (Å²) in [5.41, 5.74) is 0.851. The average molecular weight is 241 g/mol. The second-order valence-corrected chi connectivity index (χ2v) is 3.70. The lowest BCUT2D eigenvalue weighted by molar-refractivity contribution is 0.170. The zero-order valence-corrected chi connectivity index (χ0v) is 10.5. The van der Waals surface area contributed by atoms with Crippen LogP contribution < -0.4 is 10.1 Å². The van der Waals surface area contributed by atoms with Crippen LogP contribution in [0.4, 0.5) is 4.39 Å². The smallest absolute Gasteiger partial charge is 0.165 e. The highest BCUT2D eigenvalue weighted by Crippen LogP contribution is 2.22. The molecule has 1 aromatic carbocycles. The number of rotatable bonds is 8. The maximum atomic E-state index is 13.6. The molecule has 1 aromatic rings. The highest BCUT2D eigenvalue weighted by molar-refractivity contribution is 5.34. The Hall–Kier alpha value is -1.13. The van der Waals surface area contributed by atoms with Crippen LogP contribution in [0.25, 0.3) is 0 Å². The summed E-state index contributed by atoms with van der Waals surface area (Å²) in [6.45, 7) is 4.57. The summed E-state index contributed by atoms with van der Waals surface area (Å²) in [5, 5.41) is 3.16. The third-order valence-corrected chi connectivity index (χ3v) is 2.35. The average Bonchev–Trinajstić information content (AvgIpc) is 2.34. The molecule has 0 saturated carbocycles. The standard InChI is InChI=1S/C13H20FNO2/c1-3-15-10-11-6-4-7-12(14)13(11)17-9-5-8-16-2/h4,6-7,15H,3,5,8-10H2,1-2H3. The van der Waals surface area contributed by atoms with Gasteiger partial charge in [-0.15, -0.1) is 0 Å². The van der Waals surface area contributed by atoms with Crippen LogP contribution in [0.15, 0.2) is 18.2 Å². The lowest BCUT2D eigenvalue weighted by Gasteiger charge is -2.12. The highest BCUT2D eigenvalue weighted by atomic mass is 19.1. The van der Waals surface area contributed by atoms with E-state index in [0.717, 1.165) is 18.5 Å². The van der Waals surface area contributed by atoms with Crippen LogP contribution in [0, 0.1) is 5.82 Å². The predicted octanol–water partition coefficient (Wildman–Crippen LogP) is 2.35. The summed E-state index contributed by atoms with van der Waals surface area (Å²) in [6, 6.07) is 4.99. The molecule has 0 aliphatic heterocycles. The first-order chi connectivity index (χ1) is 8.29. The number of methoxy groups -OCH3 is 1. The van der Waals surface area contributed by atoms with Crippen molar-refractivity contribution in [2.24, 2.45) is 0 Å². The van der Waals surface area contributed by atoms with Crippen molar-refractivity contribution in [3.8, 4) is 5.75 Å². The first-order valence-corrected chi connectivity index (χ1v) is 5.89. The zero-order chi connectivity index (χ0) is 12.5. The quantitative estimate of drug-likeness (QED) is 0.709.